The van der Waals surface area contributed by atoms with Crippen LogP contribution in [0.5, 0.6) is 0 Å². The molecule has 0 aromatic carbocycles. The monoisotopic (exact) mass is 522 g/mol. The van der Waals surface area contributed by atoms with Gasteiger partial charge in [-0.05, 0) is 132 Å². The molecule has 3 unspecified atom stereocenters. The van der Waals surface area contributed by atoms with Gasteiger partial charge >= 0.3 is 0 Å². The van der Waals surface area contributed by atoms with Crippen LogP contribution in [0.15, 0.2) is 11.6 Å². The van der Waals surface area contributed by atoms with E-state index in [0.29, 0.717) is 11.5 Å². The largest absolute Gasteiger partial charge is 0.414 e. The zero-order valence-electron chi connectivity index (χ0n) is 24.2. The van der Waals surface area contributed by atoms with Crippen molar-refractivity contribution >= 4 is 25.0 Å². The normalized spacial score (nSPS) is 43.1. The average molecular weight is 523 g/mol. The third-order valence-corrected chi connectivity index (χ3v) is 12.5. The maximum atomic E-state index is 7.01. The van der Waals surface area contributed by atoms with Crippen LogP contribution in [0.1, 0.15) is 58.8 Å². The smallest absolute Gasteiger partial charge is 0.184 e. The van der Waals surface area contributed by atoms with Crippen molar-refractivity contribution in [2.75, 3.05) is 0 Å². The number of rotatable bonds is 6. The molecule has 3 saturated carbocycles. The van der Waals surface area contributed by atoms with Gasteiger partial charge in [0.05, 0.1) is 12.2 Å². The fraction of sp³-hybridized carbons (Fsp3) is 0.929. The molecule has 4 aliphatic rings. The van der Waals surface area contributed by atoms with Crippen LogP contribution in [0.25, 0.3) is 0 Å². The zero-order chi connectivity index (χ0) is 25.3. The maximum Gasteiger partial charge on any atom is 0.184 e. The molecule has 0 radical (unpaired) electrons. The van der Waals surface area contributed by atoms with Gasteiger partial charge in [0.1, 0.15) is 0 Å². The lowest BCUT2D eigenvalue weighted by atomic mass is 9.48. The Morgan fingerprint density at radius 2 is 1.38 bits per heavy atom. The number of hydrogen-bond acceptors (Lipinski definition) is 3. The molecule has 0 saturated heterocycles. The number of fused-ring (bicyclic) bond motifs is 5. The molecule has 0 aliphatic heterocycles. The fourth-order valence-corrected chi connectivity index (χ4v) is 11.8. The van der Waals surface area contributed by atoms with E-state index in [9.17, 15) is 0 Å². The summed E-state index contributed by atoms with van der Waals surface area (Å²) in [6.45, 7) is 26.3. The van der Waals surface area contributed by atoms with E-state index in [1.807, 2.05) is 0 Å². The lowest BCUT2D eigenvalue weighted by Crippen LogP contribution is -2.53. The second kappa shape index (κ2) is 8.94. The summed E-state index contributed by atoms with van der Waals surface area (Å²) >= 11 is 0. The van der Waals surface area contributed by atoms with Gasteiger partial charge < -0.3 is 13.3 Å². The summed E-state index contributed by atoms with van der Waals surface area (Å²) in [6, 6.07) is 0. The second-order valence-corrected chi connectivity index (χ2v) is 28.9. The first-order chi connectivity index (χ1) is 15.4. The fourth-order valence-electron chi connectivity index (χ4n) is 8.33. The predicted octanol–water partition coefficient (Wildman–Crippen LogP) is 8.22. The Balaban J connectivity index is 1.60. The SMILES string of the molecule is C[C@]12CC[C@H](O[Si](C)(C)C)CC1=CCC1C2CC[C@@]2(C)C1C[C@@H](O[Si](C)(C)C)[C@@H]2O[Si](C)(C)C. The number of allylic oxidation sites excluding steroid dienone is 1. The minimum Gasteiger partial charge on any atom is -0.414 e. The van der Waals surface area contributed by atoms with Crippen molar-refractivity contribution < 1.29 is 13.3 Å². The summed E-state index contributed by atoms with van der Waals surface area (Å²) in [6.07, 6.45) is 12.5. The molecule has 0 N–H and O–H groups in total. The first-order valence-electron chi connectivity index (χ1n) is 14.1. The average Bonchev–Trinajstić information content (AvgIpc) is 2.90. The Bertz CT molecular complexity index is 792. The van der Waals surface area contributed by atoms with E-state index in [2.05, 4.69) is 78.8 Å². The van der Waals surface area contributed by atoms with Gasteiger partial charge in [0.15, 0.2) is 25.0 Å². The topological polar surface area (TPSA) is 27.7 Å². The molecule has 34 heavy (non-hydrogen) atoms. The maximum absolute atomic E-state index is 7.01. The summed E-state index contributed by atoms with van der Waals surface area (Å²) in [5.74, 6) is 2.32. The van der Waals surface area contributed by atoms with Crippen molar-refractivity contribution in [2.45, 2.75) is 136 Å². The van der Waals surface area contributed by atoms with Crippen LogP contribution in [-0.2, 0) is 13.3 Å². The van der Waals surface area contributed by atoms with Gasteiger partial charge in [-0.25, -0.2) is 0 Å². The summed E-state index contributed by atoms with van der Waals surface area (Å²) in [7, 11) is -4.79. The van der Waals surface area contributed by atoms with Gasteiger partial charge in [-0.1, -0.05) is 25.5 Å². The zero-order valence-corrected chi connectivity index (χ0v) is 27.2. The van der Waals surface area contributed by atoms with Gasteiger partial charge in [0, 0.05) is 6.10 Å². The lowest BCUT2D eigenvalue weighted by molar-refractivity contribution is -0.0734. The molecule has 3 fully saturated rings. The standard InChI is InChI=1S/C28H54O3Si3/c1-27-16-14-21(29-32(3,4)5)18-20(27)12-13-22-23(27)15-17-28(2)24(22)19-25(30-33(6,7)8)26(28)31-34(9,10)11/h12,21-26H,13-19H2,1-11H3/t21-,22?,23?,24?,25+,26-,27-,28-/m0/s1. The van der Waals surface area contributed by atoms with Crippen molar-refractivity contribution in [3.63, 3.8) is 0 Å². The third kappa shape index (κ3) is 5.42. The molecule has 0 aromatic heterocycles. The third-order valence-electron chi connectivity index (χ3n) is 9.48. The van der Waals surface area contributed by atoms with Crippen molar-refractivity contribution in [1.82, 2.24) is 0 Å². The van der Waals surface area contributed by atoms with Gasteiger partial charge in [-0.3, -0.25) is 0 Å². The molecule has 6 heteroatoms. The highest BCUT2D eigenvalue weighted by Gasteiger charge is 2.62. The molecule has 0 aromatic rings. The van der Waals surface area contributed by atoms with Crippen LogP contribution in [0.4, 0.5) is 0 Å². The molecule has 4 aliphatic carbocycles. The Labute approximate surface area is 214 Å². The quantitative estimate of drug-likeness (QED) is 0.260. The lowest BCUT2D eigenvalue weighted by Gasteiger charge is -2.58. The number of hydrogen-bond donors (Lipinski definition) is 0. The summed E-state index contributed by atoms with van der Waals surface area (Å²) in [5.41, 5.74) is 2.36. The van der Waals surface area contributed by atoms with Crippen LogP contribution in [-0.4, -0.2) is 43.3 Å². The van der Waals surface area contributed by atoms with Crippen LogP contribution in [0.3, 0.4) is 0 Å². The molecule has 0 bridgehead atoms. The molecule has 0 heterocycles. The minimum absolute atomic E-state index is 0.256. The van der Waals surface area contributed by atoms with Crippen molar-refractivity contribution in [3.05, 3.63) is 11.6 Å². The van der Waals surface area contributed by atoms with Gasteiger partial charge in [0.2, 0.25) is 0 Å². The van der Waals surface area contributed by atoms with E-state index in [-0.39, 0.29) is 17.6 Å². The van der Waals surface area contributed by atoms with E-state index in [1.54, 1.807) is 5.57 Å². The van der Waals surface area contributed by atoms with Gasteiger partial charge in [0.25, 0.3) is 0 Å². The highest BCUT2D eigenvalue weighted by atomic mass is 28.4. The van der Waals surface area contributed by atoms with Crippen LogP contribution >= 0.6 is 0 Å². The van der Waals surface area contributed by atoms with Crippen molar-refractivity contribution in [3.8, 4) is 0 Å². The van der Waals surface area contributed by atoms with E-state index >= 15 is 0 Å². The molecular formula is C28H54O3Si3. The minimum atomic E-state index is -1.66. The molecule has 8 atom stereocenters. The summed E-state index contributed by atoms with van der Waals surface area (Å²) in [4.78, 5) is 0. The highest BCUT2D eigenvalue weighted by molar-refractivity contribution is 6.70. The molecule has 3 nitrogen and oxygen atoms in total. The summed E-state index contributed by atoms with van der Waals surface area (Å²) in [5, 5.41) is 0. The van der Waals surface area contributed by atoms with Crippen LogP contribution < -0.4 is 0 Å². The van der Waals surface area contributed by atoms with Gasteiger partial charge in [-0.2, -0.15) is 0 Å². The van der Waals surface area contributed by atoms with Crippen molar-refractivity contribution in [1.29, 1.82) is 0 Å². The molecular weight excluding hydrogens is 469 g/mol. The van der Waals surface area contributed by atoms with Crippen molar-refractivity contribution in [2.24, 2.45) is 28.6 Å². The van der Waals surface area contributed by atoms with E-state index in [1.165, 1.54) is 44.9 Å². The van der Waals surface area contributed by atoms with Crippen LogP contribution in [0.2, 0.25) is 58.9 Å². The first-order valence-corrected chi connectivity index (χ1v) is 24.4. The second-order valence-electron chi connectivity index (χ2n) is 15.6. The van der Waals surface area contributed by atoms with Gasteiger partial charge in [-0.15, -0.1) is 0 Å². The predicted molar refractivity (Wildman–Crippen MR) is 152 cm³/mol. The Hall–Kier alpha value is 0.271. The molecule has 0 amide bonds. The van der Waals surface area contributed by atoms with E-state index < -0.39 is 25.0 Å². The Kier molecular flexibility index (Phi) is 7.18. The Morgan fingerprint density at radius 1 is 0.765 bits per heavy atom. The van der Waals surface area contributed by atoms with E-state index in [4.69, 9.17) is 13.3 Å². The summed E-state index contributed by atoms with van der Waals surface area (Å²) < 4.78 is 20.5. The van der Waals surface area contributed by atoms with E-state index in [0.717, 1.165) is 17.8 Å². The molecule has 0 spiro atoms. The first kappa shape index (κ1) is 27.3. The molecule has 196 valence electrons. The Morgan fingerprint density at radius 3 is 1.97 bits per heavy atom. The highest BCUT2D eigenvalue weighted by Crippen LogP contribution is 2.66. The van der Waals surface area contributed by atoms with Crippen LogP contribution in [0, 0.1) is 28.6 Å². The molecule has 4 rings (SSSR count).